The Hall–Kier alpha value is -2.86. The number of ether oxygens (including phenoxy) is 3. The van der Waals surface area contributed by atoms with E-state index in [-0.39, 0.29) is 42.7 Å². The minimum absolute atomic E-state index is 0.0243. The molecule has 0 saturated carbocycles. The summed E-state index contributed by atoms with van der Waals surface area (Å²) in [6.45, 7) is 2.13. The molecule has 1 fully saturated rings. The molecule has 2 aliphatic rings. The molecule has 1 atom stereocenters. The lowest BCUT2D eigenvalue weighted by atomic mass is 10.0. The molecule has 2 N–H and O–H groups in total. The zero-order chi connectivity index (χ0) is 24.5. The summed E-state index contributed by atoms with van der Waals surface area (Å²) >= 11 is 5.49. The topological polar surface area (TPSA) is 140 Å². The molecule has 0 spiro atoms. The van der Waals surface area contributed by atoms with Gasteiger partial charge in [-0.2, -0.15) is 0 Å². The number of nitrogens with zero attached hydrogens (tertiary/aromatic N) is 1. The second-order valence-electron chi connectivity index (χ2n) is 7.50. The summed E-state index contributed by atoms with van der Waals surface area (Å²) in [5, 5.41) is 4.78. The first-order valence-corrected chi connectivity index (χ1v) is 11.4. The number of amides is 5. The molecule has 12 heteroatoms. The zero-order valence-corrected chi connectivity index (χ0v) is 19.2. The largest absolute Gasteiger partial charge is 0.379 e. The monoisotopic (exact) mass is 495 g/mol. The molecule has 1 saturated heterocycles. The second-order valence-corrected chi connectivity index (χ2v) is 7.88. The van der Waals surface area contributed by atoms with Crippen LogP contribution in [0.2, 0.25) is 0 Å². The molecular weight excluding hydrogens is 470 g/mol. The van der Waals surface area contributed by atoms with Crippen LogP contribution >= 0.6 is 11.6 Å². The van der Waals surface area contributed by atoms with Gasteiger partial charge in [-0.3, -0.25) is 34.2 Å². The van der Waals surface area contributed by atoms with Crippen molar-refractivity contribution < 1.29 is 38.2 Å². The van der Waals surface area contributed by atoms with Crippen LogP contribution in [-0.4, -0.2) is 86.0 Å². The first-order valence-electron chi connectivity index (χ1n) is 10.9. The molecule has 1 aromatic carbocycles. The summed E-state index contributed by atoms with van der Waals surface area (Å²) in [5.74, 6) is -2.44. The number of fused-ring (bicyclic) bond motifs is 1. The van der Waals surface area contributed by atoms with Crippen molar-refractivity contribution in [1.82, 2.24) is 10.2 Å². The van der Waals surface area contributed by atoms with E-state index >= 15 is 0 Å². The fourth-order valence-electron chi connectivity index (χ4n) is 3.59. The molecular formula is C22H26ClN3O8. The highest BCUT2D eigenvalue weighted by atomic mass is 35.5. The fourth-order valence-corrected chi connectivity index (χ4v) is 3.70. The van der Waals surface area contributed by atoms with Gasteiger partial charge in [-0.25, -0.2) is 0 Å². The Bertz CT molecular complexity index is 954. The first kappa shape index (κ1) is 25.8. The van der Waals surface area contributed by atoms with E-state index in [4.69, 9.17) is 25.8 Å². The number of benzene rings is 1. The molecule has 3 rings (SSSR count). The van der Waals surface area contributed by atoms with Crippen LogP contribution in [0.1, 0.15) is 40.0 Å². The summed E-state index contributed by atoms with van der Waals surface area (Å²) in [5.41, 5.74) is 0.295. The van der Waals surface area contributed by atoms with Gasteiger partial charge in [-0.15, -0.1) is 11.6 Å². The van der Waals surface area contributed by atoms with Crippen molar-refractivity contribution in [3.63, 3.8) is 0 Å². The third kappa shape index (κ3) is 6.38. The average Bonchev–Trinajstić information content (AvgIpc) is 3.06. The molecule has 184 valence electrons. The van der Waals surface area contributed by atoms with Crippen molar-refractivity contribution in [3.05, 3.63) is 29.3 Å². The molecule has 34 heavy (non-hydrogen) atoms. The van der Waals surface area contributed by atoms with Gasteiger partial charge >= 0.3 is 0 Å². The minimum Gasteiger partial charge on any atom is -0.379 e. The van der Waals surface area contributed by atoms with Crippen molar-refractivity contribution in [3.8, 4) is 0 Å². The van der Waals surface area contributed by atoms with Gasteiger partial charge in [0.1, 0.15) is 6.04 Å². The summed E-state index contributed by atoms with van der Waals surface area (Å²) < 4.78 is 15.8. The van der Waals surface area contributed by atoms with Gasteiger partial charge in [-0.05, 0) is 18.6 Å². The number of carbonyl (C=O) groups is 5. The highest BCUT2D eigenvalue weighted by Crippen LogP contribution is 2.32. The van der Waals surface area contributed by atoms with E-state index in [1.54, 1.807) is 0 Å². The van der Waals surface area contributed by atoms with Crippen LogP contribution in [-0.2, 0) is 28.6 Å². The molecule has 5 amide bonds. The smallest absolute Gasteiger partial charge is 0.264 e. The van der Waals surface area contributed by atoms with Gasteiger partial charge in [0.05, 0.1) is 62.9 Å². The fraction of sp³-hybridized carbons (Fsp3) is 0.500. The predicted molar refractivity (Wildman–Crippen MR) is 120 cm³/mol. The molecule has 11 nitrogen and oxygen atoms in total. The summed E-state index contributed by atoms with van der Waals surface area (Å²) in [6, 6.07) is 3.44. The lowest BCUT2D eigenvalue weighted by molar-refractivity contribution is -0.136. The normalized spacial score (nSPS) is 17.7. The molecule has 2 heterocycles. The van der Waals surface area contributed by atoms with Crippen LogP contribution < -0.4 is 10.6 Å². The van der Waals surface area contributed by atoms with E-state index < -0.39 is 35.6 Å². The summed E-state index contributed by atoms with van der Waals surface area (Å²) in [6.07, 6.45) is 0.112. The van der Waals surface area contributed by atoms with E-state index in [1.807, 2.05) is 0 Å². The van der Waals surface area contributed by atoms with Crippen LogP contribution in [0.5, 0.6) is 0 Å². The Kier molecular flexibility index (Phi) is 9.52. The number of piperidine rings is 1. The van der Waals surface area contributed by atoms with Crippen molar-refractivity contribution in [2.24, 2.45) is 0 Å². The highest BCUT2D eigenvalue weighted by molar-refractivity contribution is 6.26. The number of alkyl halides is 1. The molecule has 0 aliphatic carbocycles. The summed E-state index contributed by atoms with van der Waals surface area (Å²) in [4.78, 5) is 62.6. The predicted octanol–water partition coefficient (Wildman–Crippen LogP) is 0.705. The number of anilines is 1. The zero-order valence-electron chi connectivity index (χ0n) is 18.5. The molecule has 0 aromatic heterocycles. The van der Waals surface area contributed by atoms with Crippen LogP contribution in [0.25, 0.3) is 0 Å². The van der Waals surface area contributed by atoms with E-state index in [2.05, 4.69) is 10.6 Å². The molecule has 0 radical (unpaired) electrons. The Morgan fingerprint density at radius 2 is 1.68 bits per heavy atom. The van der Waals surface area contributed by atoms with E-state index in [0.29, 0.717) is 38.9 Å². The van der Waals surface area contributed by atoms with Crippen LogP contribution in [0.3, 0.4) is 0 Å². The van der Waals surface area contributed by atoms with Gasteiger partial charge in [-0.1, -0.05) is 6.07 Å². The quantitative estimate of drug-likeness (QED) is 0.231. The van der Waals surface area contributed by atoms with Gasteiger partial charge in [0, 0.05) is 12.3 Å². The van der Waals surface area contributed by atoms with Crippen LogP contribution in [0.4, 0.5) is 5.69 Å². The number of hydrogen-bond donors (Lipinski definition) is 2. The molecule has 1 aromatic rings. The average molecular weight is 496 g/mol. The lowest BCUT2D eigenvalue weighted by Gasteiger charge is -2.27. The van der Waals surface area contributed by atoms with Crippen LogP contribution in [0, 0.1) is 0 Å². The first-order chi connectivity index (χ1) is 16.4. The van der Waals surface area contributed by atoms with Gasteiger partial charge in [0.2, 0.25) is 17.7 Å². The number of hydrogen-bond acceptors (Lipinski definition) is 8. The van der Waals surface area contributed by atoms with E-state index in [9.17, 15) is 24.0 Å². The molecule has 2 aliphatic heterocycles. The third-order valence-electron chi connectivity index (χ3n) is 5.18. The SMILES string of the molecule is O=C1CCC(N2C(=O)c3cccc(NC(=O)CCOCCOCCOCCCl)c3C2=O)C(=O)N1. The van der Waals surface area contributed by atoms with Crippen molar-refractivity contribution in [1.29, 1.82) is 0 Å². The summed E-state index contributed by atoms with van der Waals surface area (Å²) in [7, 11) is 0. The number of carbonyl (C=O) groups excluding carboxylic acids is 5. The van der Waals surface area contributed by atoms with Gasteiger partial charge in [0.15, 0.2) is 0 Å². The number of halogens is 1. The van der Waals surface area contributed by atoms with E-state index in [0.717, 1.165) is 4.90 Å². The highest BCUT2D eigenvalue weighted by Gasteiger charge is 2.45. The maximum absolute atomic E-state index is 13.0. The third-order valence-corrected chi connectivity index (χ3v) is 5.34. The Morgan fingerprint density at radius 1 is 1.00 bits per heavy atom. The number of rotatable bonds is 13. The maximum Gasteiger partial charge on any atom is 0.264 e. The number of imide groups is 2. The number of nitrogens with one attached hydrogen (secondary N) is 2. The van der Waals surface area contributed by atoms with Crippen LogP contribution in [0.15, 0.2) is 18.2 Å². The van der Waals surface area contributed by atoms with Gasteiger partial charge < -0.3 is 19.5 Å². The second kappa shape index (κ2) is 12.6. The molecule has 1 unspecified atom stereocenters. The van der Waals surface area contributed by atoms with Crippen molar-refractivity contribution in [2.75, 3.05) is 50.8 Å². The standard InChI is InChI=1S/C22H26ClN3O8/c23-7-9-33-11-13-34-12-10-32-8-6-18(28)24-15-3-1-2-14-19(15)22(31)26(21(14)30)16-4-5-17(27)25-20(16)29/h1-3,16H,4-13H2,(H,24,28)(H,25,27,29). The van der Waals surface area contributed by atoms with Crippen molar-refractivity contribution >= 4 is 46.8 Å². The van der Waals surface area contributed by atoms with Gasteiger partial charge in [0.25, 0.3) is 11.8 Å². The molecule has 0 bridgehead atoms. The minimum atomic E-state index is -1.07. The Labute approximate surface area is 201 Å². The Balaban J connectivity index is 1.48. The van der Waals surface area contributed by atoms with Crippen molar-refractivity contribution in [2.45, 2.75) is 25.3 Å². The van der Waals surface area contributed by atoms with E-state index in [1.165, 1.54) is 18.2 Å². The lowest BCUT2D eigenvalue weighted by Crippen LogP contribution is -2.54. The maximum atomic E-state index is 13.0. The Morgan fingerprint density at radius 3 is 2.35 bits per heavy atom.